The molecule has 2 heterocycles. The molecule has 2 aliphatic heterocycles. The molecule has 2 aromatic rings. The predicted octanol–water partition coefficient (Wildman–Crippen LogP) is 4.94. The number of esters is 1. The zero-order chi connectivity index (χ0) is 25.9. The molecule has 3 N–H and O–H groups in total. The molecule has 11 heteroatoms. The highest BCUT2D eigenvalue weighted by Crippen LogP contribution is 2.56. The Kier molecular flexibility index (Phi) is 6.03. The molecule has 186 valence electrons. The molecule has 3 aliphatic rings. The minimum absolute atomic E-state index is 0.0194. The summed E-state index contributed by atoms with van der Waals surface area (Å²) in [5, 5.41) is 2.78. The average Bonchev–Trinajstić information content (AvgIpc) is 3.07. The number of halogens is 4. The van der Waals surface area contributed by atoms with Gasteiger partial charge in [-0.25, -0.2) is 13.6 Å². The largest absolute Gasteiger partial charge is 0.462 e. The number of anilines is 2. The third-order valence-corrected chi connectivity index (χ3v) is 7.66. The number of amides is 1. The lowest BCUT2D eigenvalue weighted by atomic mass is 9.63. The maximum atomic E-state index is 15.2. The van der Waals surface area contributed by atoms with Crippen molar-refractivity contribution in [2.24, 2.45) is 5.73 Å². The first kappa shape index (κ1) is 24.6. The normalized spacial score (nSPS) is 21.1. The van der Waals surface area contributed by atoms with Crippen LogP contribution in [-0.2, 0) is 24.5 Å². The van der Waals surface area contributed by atoms with Crippen molar-refractivity contribution < 1.29 is 27.9 Å². The first-order chi connectivity index (χ1) is 17.1. The molecule has 0 aromatic heterocycles. The highest BCUT2D eigenvalue weighted by Gasteiger charge is 2.62. The van der Waals surface area contributed by atoms with Gasteiger partial charge < -0.3 is 15.8 Å². The molecule has 2 aromatic carbocycles. The highest BCUT2D eigenvalue weighted by molar-refractivity contribution is 9.10. The Morgan fingerprint density at radius 1 is 1.19 bits per heavy atom. The molecule has 0 saturated heterocycles. The van der Waals surface area contributed by atoms with Gasteiger partial charge in [0, 0.05) is 44.0 Å². The van der Waals surface area contributed by atoms with Crippen LogP contribution in [0.15, 0.2) is 61.9 Å². The van der Waals surface area contributed by atoms with E-state index in [2.05, 4.69) is 37.2 Å². The second kappa shape index (κ2) is 8.81. The number of benzene rings is 2. The van der Waals surface area contributed by atoms with Gasteiger partial charge in [-0.15, -0.1) is 0 Å². The fourth-order valence-corrected chi connectivity index (χ4v) is 6.23. The average molecular weight is 623 g/mol. The van der Waals surface area contributed by atoms with Gasteiger partial charge in [0.2, 0.25) is 5.91 Å². The number of fused-ring (bicyclic) bond motifs is 3. The van der Waals surface area contributed by atoms with Crippen molar-refractivity contribution in [1.29, 1.82) is 0 Å². The van der Waals surface area contributed by atoms with Gasteiger partial charge in [0.15, 0.2) is 11.6 Å². The Balaban J connectivity index is 1.94. The first-order valence-corrected chi connectivity index (χ1v) is 12.7. The molecule has 0 saturated carbocycles. The molecule has 5 rings (SSSR count). The highest BCUT2D eigenvalue weighted by atomic mass is 79.9. The Morgan fingerprint density at radius 3 is 2.64 bits per heavy atom. The van der Waals surface area contributed by atoms with E-state index in [0.29, 0.717) is 28.2 Å². The number of Topliss-reactive ketones (excluding diaryl/α,β-unsaturated/α-hetero) is 1. The Bertz CT molecular complexity index is 1420. The Labute approximate surface area is 221 Å². The number of ketones is 1. The van der Waals surface area contributed by atoms with Gasteiger partial charge in [-0.05, 0) is 60.0 Å². The number of carbonyl (C=O) groups excluding carboxylic acids is 3. The van der Waals surface area contributed by atoms with E-state index < -0.39 is 28.9 Å². The van der Waals surface area contributed by atoms with Crippen LogP contribution >= 0.6 is 31.9 Å². The SMILES string of the molecule is CCOC(=O)C1=C(N)N(c2c(F)cc(F)cc2Br)C2=C(C(=O)CCC2)C12C(=O)Nc1ccc(Br)cc12. The molecule has 36 heavy (non-hydrogen) atoms. The number of hydrogen-bond donors (Lipinski definition) is 2. The van der Waals surface area contributed by atoms with Crippen LogP contribution in [0.1, 0.15) is 31.7 Å². The minimum atomic E-state index is -1.90. The summed E-state index contributed by atoms with van der Waals surface area (Å²) in [6, 6.07) is 6.76. The Hall–Kier alpha value is -3.05. The van der Waals surface area contributed by atoms with Crippen molar-refractivity contribution in [3.8, 4) is 0 Å². The molecule has 0 bridgehead atoms. The van der Waals surface area contributed by atoms with E-state index in [0.717, 1.165) is 6.07 Å². The summed E-state index contributed by atoms with van der Waals surface area (Å²) in [4.78, 5) is 42.2. The lowest BCUT2D eigenvalue weighted by Gasteiger charge is -2.44. The second-order valence-corrected chi connectivity index (χ2v) is 10.3. The van der Waals surface area contributed by atoms with Gasteiger partial charge in [0.05, 0.1) is 12.3 Å². The van der Waals surface area contributed by atoms with Gasteiger partial charge in [0.25, 0.3) is 0 Å². The second-order valence-electron chi connectivity index (χ2n) is 8.53. The fraction of sp³-hybridized carbons (Fsp3) is 0.240. The van der Waals surface area contributed by atoms with Gasteiger partial charge in [0.1, 0.15) is 22.6 Å². The summed E-state index contributed by atoms with van der Waals surface area (Å²) in [6.07, 6.45) is 0.799. The van der Waals surface area contributed by atoms with E-state index in [1.807, 2.05) is 0 Å². The number of rotatable bonds is 3. The quantitative estimate of drug-likeness (QED) is 0.470. The summed E-state index contributed by atoms with van der Waals surface area (Å²) in [5.74, 6) is -4.01. The topological polar surface area (TPSA) is 102 Å². The maximum Gasteiger partial charge on any atom is 0.339 e. The molecule has 7 nitrogen and oxygen atoms in total. The maximum absolute atomic E-state index is 15.2. The number of allylic oxidation sites excluding steroid dienone is 1. The van der Waals surface area contributed by atoms with Crippen LogP contribution in [0.2, 0.25) is 0 Å². The molecule has 1 atom stereocenters. The molecular formula is C25H19Br2F2N3O4. The summed E-state index contributed by atoms with van der Waals surface area (Å²) in [6.45, 7) is 1.56. The van der Waals surface area contributed by atoms with E-state index in [1.165, 1.54) is 4.90 Å². The van der Waals surface area contributed by atoms with Crippen molar-refractivity contribution in [2.75, 3.05) is 16.8 Å². The van der Waals surface area contributed by atoms with Crippen molar-refractivity contribution >= 4 is 60.9 Å². The molecule has 1 amide bonds. The third kappa shape index (κ3) is 3.36. The number of ether oxygens (including phenoxy) is 1. The smallest absolute Gasteiger partial charge is 0.339 e. The molecule has 0 fully saturated rings. The van der Waals surface area contributed by atoms with Gasteiger partial charge in [-0.2, -0.15) is 0 Å². The third-order valence-electron chi connectivity index (χ3n) is 6.56. The lowest BCUT2D eigenvalue weighted by Crippen LogP contribution is -2.53. The van der Waals surface area contributed by atoms with E-state index in [-0.39, 0.29) is 58.1 Å². The van der Waals surface area contributed by atoms with Crippen LogP contribution in [0, 0.1) is 11.6 Å². The van der Waals surface area contributed by atoms with Gasteiger partial charge >= 0.3 is 5.97 Å². The van der Waals surface area contributed by atoms with E-state index >= 15 is 4.39 Å². The van der Waals surface area contributed by atoms with Crippen molar-refractivity contribution in [1.82, 2.24) is 0 Å². The summed E-state index contributed by atoms with van der Waals surface area (Å²) >= 11 is 6.60. The van der Waals surface area contributed by atoms with Crippen LogP contribution in [0.3, 0.4) is 0 Å². The Morgan fingerprint density at radius 2 is 1.94 bits per heavy atom. The molecular weight excluding hydrogens is 604 g/mol. The van der Waals surface area contributed by atoms with E-state index in [1.54, 1.807) is 25.1 Å². The number of carbonyl (C=O) groups is 3. The summed E-state index contributed by atoms with van der Waals surface area (Å²) < 4.78 is 35.1. The van der Waals surface area contributed by atoms with Crippen LogP contribution in [0.4, 0.5) is 20.2 Å². The first-order valence-electron chi connectivity index (χ1n) is 11.1. The van der Waals surface area contributed by atoms with Crippen LogP contribution < -0.4 is 16.0 Å². The van der Waals surface area contributed by atoms with Crippen molar-refractivity contribution in [3.05, 3.63) is 79.1 Å². The molecule has 1 spiro atoms. The molecule has 0 radical (unpaired) electrons. The summed E-state index contributed by atoms with van der Waals surface area (Å²) in [5.41, 5.74) is 5.29. The zero-order valence-electron chi connectivity index (χ0n) is 18.9. The van der Waals surface area contributed by atoms with E-state index in [9.17, 15) is 18.8 Å². The van der Waals surface area contributed by atoms with Crippen molar-refractivity contribution in [3.63, 3.8) is 0 Å². The van der Waals surface area contributed by atoms with Gasteiger partial charge in [-0.1, -0.05) is 15.9 Å². The number of nitrogens with one attached hydrogen (secondary N) is 1. The van der Waals surface area contributed by atoms with Crippen LogP contribution in [0.25, 0.3) is 0 Å². The van der Waals surface area contributed by atoms with E-state index in [4.69, 9.17) is 10.5 Å². The minimum Gasteiger partial charge on any atom is -0.462 e. The predicted molar refractivity (Wildman–Crippen MR) is 135 cm³/mol. The number of hydrogen-bond acceptors (Lipinski definition) is 6. The van der Waals surface area contributed by atoms with Crippen LogP contribution in [-0.4, -0.2) is 24.3 Å². The zero-order valence-corrected chi connectivity index (χ0v) is 22.1. The lowest BCUT2D eigenvalue weighted by molar-refractivity contribution is -0.140. The van der Waals surface area contributed by atoms with Crippen molar-refractivity contribution in [2.45, 2.75) is 31.6 Å². The number of nitrogens with zero attached hydrogens (tertiary/aromatic N) is 1. The monoisotopic (exact) mass is 621 g/mol. The van der Waals surface area contributed by atoms with Crippen LogP contribution in [0.5, 0.6) is 0 Å². The molecule has 1 unspecified atom stereocenters. The summed E-state index contributed by atoms with van der Waals surface area (Å²) in [7, 11) is 0. The standard InChI is InChI=1S/C25H19Br2F2N3O4/c1-2-36-23(34)20-22(30)32(21-14(27)9-12(28)10-15(21)29)17-4-3-5-18(33)19(17)25(20)13-8-11(26)6-7-16(13)31-24(25)35/h6-10H,2-5,30H2,1H3,(H,31,35). The van der Waals surface area contributed by atoms with Gasteiger partial charge in [-0.3, -0.25) is 14.5 Å². The fourth-order valence-electron chi connectivity index (χ4n) is 5.29. The molecule has 1 aliphatic carbocycles. The number of nitrogens with two attached hydrogens (primary N) is 1.